The second-order valence-electron chi connectivity index (χ2n) is 3.84. The van der Waals surface area contributed by atoms with Crippen LogP contribution in [-0.2, 0) is 6.54 Å². The Morgan fingerprint density at radius 1 is 1.17 bits per heavy atom. The summed E-state index contributed by atoms with van der Waals surface area (Å²) in [5, 5.41) is 6.42. The van der Waals surface area contributed by atoms with E-state index >= 15 is 0 Å². The van der Waals surface area contributed by atoms with E-state index in [2.05, 4.69) is 10.3 Å². The van der Waals surface area contributed by atoms with Gasteiger partial charge in [-0.3, -0.25) is 0 Å². The number of anilines is 1. The summed E-state index contributed by atoms with van der Waals surface area (Å²) in [6.07, 6.45) is 0. The van der Waals surface area contributed by atoms with Gasteiger partial charge in [-0.2, -0.15) is 0 Å². The molecule has 0 amide bonds. The Hall–Kier alpha value is -1.75. The van der Waals surface area contributed by atoms with Gasteiger partial charge in [0, 0.05) is 35.0 Å². The molecule has 1 N–H and O–H groups in total. The lowest BCUT2D eigenvalue weighted by molar-refractivity contribution is 0.394. The highest BCUT2D eigenvalue weighted by molar-refractivity contribution is 7.09. The lowest BCUT2D eigenvalue weighted by Crippen LogP contribution is -2.00. The van der Waals surface area contributed by atoms with Crippen LogP contribution in [0.3, 0.4) is 0 Å². The highest BCUT2D eigenvalue weighted by Crippen LogP contribution is 2.26. The molecule has 4 nitrogen and oxygen atoms in total. The first-order valence-corrected chi connectivity index (χ1v) is 6.47. The van der Waals surface area contributed by atoms with Gasteiger partial charge in [0.25, 0.3) is 0 Å². The minimum absolute atomic E-state index is 0.703. The van der Waals surface area contributed by atoms with Crippen LogP contribution in [0.5, 0.6) is 11.5 Å². The van der Waals surface area contributed by atoms with Crippen LogP contribution in [0.2, 0.25) is 0 Å². The third-order valence-electron chi connectivity index (χ3n) is 2.46. The number of hydrogen-bond donors (Lipinski definition) is 1. The number of nitrogens with zero attached hydrogens (tertiary/aromatic N) is 1. The van der Waals surface area contributed by atoms with Crippen molar-refractivity contribution < 1.29 is 9.47 Å². The van der Waals surface area contributed by atoms with Gasteiger partial charge in [-0.15, -0.1) is 11.3 Å². The molecular formula is C13H16N2O2S. The highest BCUT2D eigenvalue weighted by Gasteiger charge is 2.03. The monoisotopic (exact) mass is 264 g/mol. The van der Waals surface area contributed by atoms with Crippen molar-refractivity contribution in [1.82, 2.24) is 4.98 Å². The van der Waals surface area contributed by atoms with Crippen molar-refractivity contribution in [2.75, 3.05) is 19.5 Å². The molecule has 2 rings (SSSR count). The van der Waals surface area contributed by atoms with Gasteiger partial charge in [0.2, 0.25) is 0 Å². The SMILES string of the molecule is COc1cc(NCc2nc(C)cs2)cc(OC)c1. The first-order valence-electron chi connectivity index (χ1n) is 5.59. The Morgan fingerprint density at radius 3 is 2.33 bits per heavy atom. The first-order chi connectivity index (χ1) is 8.71. The minimum Gasteiger partial charge on any atom is -0.497 e. The Labute approximate surface area is 111 Å². The highest BCUT2D eigenvalue weighted by atomic mass is 32.1. The summed E-state index contributed by atoms with van der Waals surface area (Å²) in [4.78, 5) is 4.40. The van der Waals surface area contributed by atoms with E-state index in [0.29, 0.717) is 6.54 Å². The molecule has 5 heteroatoms. The molecule has 18 heavy (non-hydrogen) atoms. The maximum Gasteiger partial charge on any atom is 0.124 e. The molecular weight excluding hydrogens is 248 g/mol. The van der Waals surface area contributed by atoms with Gasteiger partial charge in [-0.05, 0) is 6.92 Å². The molecule has 0 radical (unpaired) electrons. The average molecular weight is 264 g/mol. The molecule has 1 heterocycles. The number of nitrogens with one attached hydrogen (secondary N) is 1. The zero-order valence-corrected chi connectivity index (χ0v) is 11.5. The van der Waals surface area contributed by atoms with Gasteiger partial charge in [0.15, 0.2) is 0 Å². The summed E-state index contributed by atoms with van der Waals surface area (Å²) in [7, 11) is 3.28. The number of aryl methyl sites for hydroxylation is 1. The van der Waals surface area contributed by atoms with Crippen molar-refractivity contribution in [2.24, 2.45) is 0 Å². The molecule has 0 aliphatic rings. The summed E-state index contributed by atoms with van der Waals surface area (Å²) < 4.78 is 10.4. The molecule has 0 spiro atoms. The van der Waals surface area contributed by atoms with Gasteiger partial charge < -0.3 is 14.8 Å². The van der Waals surface area contributed by atoms with Crippen molar-refractivity contribution in [3.05, 3.63) is 34.3 Å². The van der Waals surface area contributed by atoms with E-state index in [4.69, 9.17) is 9.47 Å². The van der Waals surface area contributed by atoms with E-state index in [0.717, 1.165) is 27.9 Å². The third-order valence-corrected chi connectivity index (χ3v) is 3.43. The van der Waals surface area contributed by atoms with E-state index in [9.17, 15) is 0 Å². The zero-order chi connectivity index (χ0) is 13.0. The minimum atomic E-state index is 0.703. The van der Waals surface area contributed by atoms with Crippen LogP contribution in [0.25, 0.3) is 0 Å². The first kappa shape index (κ1) is 12.7. The zero-order valence-electron chi connectivity index (χ0n) is 10.7. The fourth-order valence-electron chi connectivity index (χ4n) is 1.57. The third kappa shape index (κ3) is 3.13. The van der Waals surface area contributed by atoms with Gasteiger partial charge >= 0.3 is 0 Å². The predicted molar refractivity (Wildman–Crippen MR) is 73.7 cm³/mol. The van der Waals surface area contributed by atoms with Crippen molar-refractivity contribution in [3.8, 4) is 11.5 Å². The van der Waals surface area contributed by atoms with Crippen LogP contribution in [0.15, 0.2) is 23.6 Å². The quantitative estimate of drug-likeness (QED) is 0.901. The number of thiazole rings is 1. The van der Waals surface area contributed by atoms with Gasteiger partial charge in [0.1, 0.15) is 16.5 Å². The van der Waals surface area contributed by atoms with Crippen LogP contribution in [0.4, 0.5) is 5.69 Å². The average Bonchev–Trinajstić information content (AvgIpc) is 2.81. The normalized spacial score (nSPS) is 10.2. The Kier molecular flexibility index (Phi) is 4.04. The second kappa shape index (κ2) is 5.73. The topological polar surface area (TPSA) is 43.4 Å². The molecule has 0 bridgehead atoms. The van der Waals surface area contributed by atoms with Crippen LogP contribution in [0, 0.1) is 6.92 Å². The Morgan fingerprint density at radius 2 is 1.83 bits per heavy atom. The molecule has 0 unspecified atom stereocenters. The lowest BCUT2D eigenvalue weighted by atomic mass is 10.2. The van der Waals surface area contributed by atoms with Crippen LogP contribution in [0.1, 0.15) is 10.7 Å². The molecule has 0 saturated carbocycles. The smallest absolute Gasteiger partial charge is 0.124 e. The molecule has 2 aromatic rings. The van der Waals surface area contributed by atoms with Crippen molar-refractivity contribution in [3.63, 3.8) is 0 Å². The molecule has 0 saturated heterocycles. The van der Waals surface area contributed by atoms with E-state index in [1.807, 2.05) is 30.5 Å². The molecule has 1 aromatic heterocycles. The summed E-state index contributed by atoms with van der Waals surface area (Å²) in [6, 6.07) is 5.71. The number of aromatic nitrogens is 1. The van der Waals surface area contributed by atoms with Gasteiger partial charge in [0.05, 0.1) is 20.8 Å². The molecule has 96 valence electrons. The van der Waals surface area contributed by atoms with Gasteiger partial charge in [-0.25, -0.2) is 4.98 Å². The van der Waals surface area contributed by atoms with Crippen LogP contribution >= 0.6 is 11.3 Å². The Balaban J connectivity index is 2.08. The maximum atomic E-state index is 5.22. The predicted octanol–water partition coefficient (Wildman–Crippen LogP) is 3.08. The fourth-order valence-corrected chi connectivity index (χ4v) is 2.28. The van der Waals surface area contributed by atoms with Gasteiger partial charge in [-0.1, -0.05) is 0 Å². The lowest BCUT2D eigenvalue weighted by Gasteiger charge is -2.09. The summed E-state index contributed by atoms with van der Waals surface area (Å²) in [6.45, 7) is 2.70. The Bertz CT molecular complexity index is 503. The van der Waals surface area contributed by atoms with Crippen LogP contribution in [-0.4, -0.2) is 19.2 Å². The molecule has 0 aliphatic carbocycles. The summed E-state index contributed by atoms with van der Waals surface area (Å²) in [5.41, 5.74) is 2.01. The number of ether oxygens (including phenoxy) is 2. The molecule has 1 aromatic carbocycles. The van der Waals surface area contributed by atoms with E-state index in [-0.39, 0.29) is 0 Å². The largest absolute Gasteiger partial charge is 0.497 e. The standard InChI is InChI=1S/C13H16N2O2S/c1-9-8-18-13(15-9)7-14-10-4-11(16-2)6-12(5-10)17-3/h4-6,8,14H,7H2,1-3H3. The number of benzene rings is 1. The van der Waals surface area contributed by atoms with E-state index in [1.165, 1.54) is 0 Å². The number of methoxy groups -OCH3 is 2. The number of rotatable bonds is 5. The van der Waals surface area contributed by atoms with Crippen molar-refractivity contribution >= 4 is 17.0 Å². The fraction of sp³-hybridized carbons (Fsp3) is 0.308. The molecule has 0 atom stereocenters. The number of hydrogen-bond acceptors (Lipinski definition) is 5. The summed E-state index contributed by atoms with van der Waals surface area (Å²) >= 11 is 1.65. The van der Waals surface area contributed by atoms with E-state index < -0.39 is 0 Å². The van der Waals surface area contributed by atoms with Crippen molar-refractivity contribution in [2.45, 2.75) is 13.5 Å². The molecule has 0 aliphatic heterocycles. The van der Waals surface area contributed by atoms with Crippen LogP contribution < -0.4 is 14.8 Å². The van der Waals surface area contributed by atoms with Crippen molar-refractivity contribution in [1.29, 1.82) is 0 Å². The second-order valence-corrected chi connectivity index (χ2v) is 4.78. The van der Waals surface area contributed by atoms with E-state index in [1.54, 1.807) is 25.6 Å². The molecule has 0 fully saturated rings. The maximum absolute atomic E-state index is 5.22. The summed E-state index contributed by atoms with van der Waals surface area (Å²) in [5.74, 6) is 1.54.